The molecule has 0 radical (unpaired) electrons. The van der Waals surface area contributed by atoms with Gasteiger partial charge in [-0.15, -0.1) is 6.58 Å². The van der Waals surface area contributed by atoms with E-state index in [1.165, 1.54) is 18.4 Å². The zero-order chi connectivity index (χ0) is 18.8. The average molecular weight is 355 g/mol. The van der Waals surface area contributed by atoms with Crippen molar-refractivity contribution in [2.45, 2.75) is 32.1 Å². The number of anilines is 1. The maximum atomic E-state index is 12.1. The molecule has 0 heterocycles. The second-order valence-corrected chi connectivity index (χ2v) is 6.11. The van der Waals surface area contributed by atoms with Crippen LogP contribution >= 0.6 is 0 Å². The van der Waals surface area contributed by atoms with Crippen molar-refractivity contribution in [2.24, 2.45) is 0 Å². The van der Waals surface area contributed by atoms with Gasteiger partial charge in [-0.1, -0.05) is 29.9 Å². The van der Waals surface area contributed by atoms with E-state index in [2.05, 4.69) is 28.6 Å². The van der Waals surface area contributed by atoms with Gasteiger partial charge in [-0.25, -0.2) is 0 Å². The molecule has 1 aromatic rings. The number of hydrogen-bond donors (Lipinski definition) is 3. The normalized spacial score (nSPS) is 13.3. The molecule has 0 spiro atoms. The van der Waals surface area contributed by atoms with Crippen LogP contribution < -0.4 is 16.0 Å². The number of rotatable bonds is 7. The van der Waals surface area contributed by atoms with Crippen LogP contribution in [-0.2, 0) is 9.59 Å². The van der Waals surface area contributed by atoms with Crippen LogP contribution in [0, 0.1) is 0 Å². The van der Waals surface area contributed by atoms with Crippen molar-refractivity contribution in [3.8, 4) is 0 Å². The van der Waals surface area contributed by atoms with Gasteiger partial charge in [0.1, 0.15) is 0 Å². The monoisotopic (exact) mass is 355 g/mol. The first-order chi connectivity index (χ1) is 12.6. The summed E-state index contributed by atoms with van der Waals surface area (Å²) in [7, 11) is 0. The van der Waals surface area contributed by atoms with Crippen LogP contribution in [0.5, 0.6) is 0 Å². The fourth-order valence-electron chi connectivity index (χ4n) is 2.78. The van der Waals surface area contributed by atoms with Crippen molar-refractivity contribution in [2.75, 3.05) is 18.4 Å². The van der Waals surface area contributed by atoms with Crippen LogP contribution in [0.25, 0.3) is 0 Å². The van der Waals surface area contributed by atoms with E-state index >= 15 is 0 Å². The van der Waals surface area contributed by atoms with Crippen molar-refractivity contribution >= 4 is 23.4 Å². The summed E-state index contributed by atoms with van der Waals surface area (Å²) in [4.78, 5) is 36.2. The zero-order valence-electron chi connectivity index (χ0n) is 14.8. The molecule has 0 aliphatic heterocycles. The van der Waals surface area contributed by atoms with Crippen molar-refractivity contribution in [1.82, 2.24) is 10.6 Å². The fraction of sp³-hybridized carbons (Fsp3) is 0.350. The lowest BCUT2D eigenvalue weighted by atomic mass is 9.97. The lowest BCUT2D eigenvalue weighted by Crippen LogP contribution is -2.36. The topological polar surface area (TPSA) is 87.3 Å². The summed E-state index contributed by atoms with van der Waals surface area (Å²) in [6.07, 6.45) is 9.11. The third kappa shape index (κ3) is 5.88. The standard InChI is InChI=1S/C20H25N3O3/c1-2-13-21-18(24)16-10-6-7-11-17(16)23-20(26)19(25)22-14-12-15-8-4-3-5-9-15/h2,6-8,10-11H,1,3-5,9,12-14H2,(H,21,24)(H,22,25)(H,23,26). The van der Waals surface area contributed by atoms with E-state index < -0.39 is 11.8 Å². The lowest BCUT2D eigenvalue weighted by Gasteiger charge is -2.13. The van der Waals surface area contributed by atoms with Crippen LogP contribution in [-0.4, -0.2) is 30.8 Å². The number of carbonyl (C=O) groups excluding carboxylic acids is 3. The molecule has 0 unspecified atom stereocenters. The predicted octanol–water partition coefficient (Wildman–Crippen LogP) is 2.55. The van der Waals surface area contributed by atoms with E-state index in [-0.39, 0.29) is 5.91 Å². The van der Waals surface area contributed by atoms with Crippen LogP contribution in [0.3, 0.4) is 0 Å². The molecule has 0 fully saturated rings. The highest BCUT2D eigenvalue weighted by Crippen LogP contribution is 2.19. The summed E-state index contributed by atoms with van der Waals surface area (Å²) < 4.78 is 0. The van der Waals surface area contributed by atoms with Crippen molar-refractivity contribution in [3.63, 3.8) is 0 Å². The summed E-state index contributed by atoms with van der Waals surface area (Å²) in [5, 5.41) is 7.78. The van der Waals surface area contributed by atoms with Gasteiger partial charge < -0.3 is 16.0 Å². The maximum absolute atomic E-state index is 12.1. The van der Waals surface area contributed by atoms with E-state index in [0.29, 0.717) is 24.3 Å². The Morgan fingerprint density at radius 1 is 1.08 bits per heavy atom. The summed E-state index contributed by atoms with van der Waals surface area (Å²) in [6.45, 7) is 4.29. The molecule has 3 N–H and O–H groups in total. The summed E-state index contributed by atoms with van der Waals surface area (Å²) >= 11 is 0. The largest absolute Gasteiger partial charge is 0.349 e. The van der Waals surface area contributed by atoms with Crippen molar-refractivity contribution < 1.29 is 14.4 Å². The molecule has 6 heteroatoms. The van der Waals surface area contributed by atoms with E-state index in [0.717, 1.165) is 19.3 Å². The van der Waals surface area contributed by atoms with E-state index in [9.17, 15) is 14.4 Å². The first kappa shape index (κ1) is 19.4. The average Bonchev–Trinajstić information content (AvgIpc) is 2.67. The Kier molecular flexibility index (Phi) is 7.61. The molecule has 0 atom stereocenters. The highest BCUT2D eigenvalue weighted by atomic mass is 16.2. The number of nitrogens with one attached hydrogen (secondary N) is 3. The summed E-state index contributed by atoms with van der Waals surface area (Å²) in [5.41, 5.74) is 1.92. The maximum Gasteiger partial charge on any atom is 0.313 e. The van der Waals surface area contributed by atoms with Gasteiger partial charge in [0.15, 0.2) is 0 Å². The third-order valence-corrected chi connectivity index (χ3v) is 4.15. The molecule has 0 aromatic heterocycles. The Bertz CT molecular complexity index is 710. The Labute approximate surface area is 153 Å². The minimum atomic E-state index is -0.786. The molecular formula is C20H25N3O3. The van der Waals surface area contributed by atoms with Gasteiger partial charge in [-0.3, -0.25) is 14.4 Å². The number of amides is 3. The van der Waals surface area contributed by atoms with Gasteiger partial charge in [-0.2, -0.15) is 0 Å². The molecule has 0 saturated carbocycles. The van der Waals surface area contributed by atoms with Crippen LogP contribution in [0.15, 0.2) is 48.6 Å². The number of allylic oxidation sites excluding steroid dienone is 1. The Balaban J connectivity index is 1.88. The number of hydrogen-bond acceptors (Lipinski definition) is 3. The van der Waals surface area contributed by atoms with Gasteiger partial charge in [0.2, 0.25) is 0 Å². The van der Waals surface area contributed by atoms with Gasteiger partial charge in [0.25, 0.3) is 5.91 Å². The lowest BCUT2D eigenvalue weighted by molar-refractivity contribution is -0.136. The number of para-hydroxylation sites is 1. The molecule has 2 rings (SSSR count). The molecule has 3 amide bonds. The van der Waals surface area contributed by atoms with Crippen molar-refractivity contribution in [1.29, 1.82) is 0 Å². The smallest absolute Gasteiger partial charge is 0.313 e. The van der Waals surface area contributed by atoms with Crippen LogP contribution in [0.2, 0.25) is 0 Å². The molecule has 0 saturated heterocycles. The van der Waals surface area contributed by atoms with E-state index in [1.54, 1.807) is 30.3 Å². The van der Waals surface area contributed by atoms with Crippen molar-refractivity contribution in [3.05, 3.63) is 54.1 Å². The molecule has 6 nitrogen and oxygen atoms in total. The SMILES string of the molecule is C=CCNC(=O)c1ccccc1NC(=O)C(=O)NCCC1=CCCCC1. The molecular weight excluding hydrogens is 330 g/mol. The third-order valence-electron chi connectivity index (χ3n) is 4.15. The molecule has 1 aliphatic carbocycles. The first-order valence-electron chi connectivity index (χ1n) is 8.87. The van der Waals surface area contributed by atoms with E-state index in [4.69, 9.17) is 0 Å². The molecule has 1 aromatic carbocycles. The Morgan fingerprint density at radius 2 is 1.88 bits per heavy atom. The summed E-state index contributed by atoms with van der Waals surface area (Å²) in [6, 6.07) is 6.55. The first-order valence-corrected chi connectivity index (χ1v) is 8.87. The predicted molar refractivity (Wildman–Crippen MR) is 102 cm³/mol. The second-order valence-electron chi connectivity index (χ2n) is 6.11. The Hall–Kier alpha value is -2.89. The minimum absolute atomic E-state index is 0.294. The quantitative estimate of drug-likeness (QED) is 0.519. The number of carbonyl (C=O) groups is 3. The fourth-order valence-corrected chi connectivity index (χ4v) is 2.78. The highest BCUT2D eigenvalue weighted by molar-refractivity contribution is 6.40. The highest BCUT2D eigenvalue weighted by Gasteiger charge is 2.17. The minimum Gasteiger partial charge on any atom is -0.349 e. The Morgan fingerprint density at radius 3 is 2.62 bits per heavy atom. The van der Waals surface area contributed by atoms with Gasteiger partial charge >= 0.3 is 11.8 Å². The second kappa shape index (κ2) is 10.2. The van der Waals surface area contributed by atoms with Gasteiger partial charge in [-0.05, 0) is 44.2 Å². The summed E-state index contributed by atoms with van der Waals surface area (Å²) in [5.74, 6) is -1.83. The molecule has 1 aliphatic rings. The van der Waals surface area contributed by atoms with Crippen LogP contribution in [0.4, 0.5) is 5.69 Å². The zero-order valence-corrected chi connectivity index (χ0v) is 14.8. The molecule has 138 valence electrons. The van der Waals surface area contributed by atoms with Gasteiger partial charge in [0, 0.05) is 13.1 Å². The van der Waals surface area contributed by atoms with Crippen LogP contribution in [0.1, 0.15) is 42.5 Å². The number of benzene rings is 1. The van der Waals surface area contributed by atoms with E-state index in [1.807, 2.05) is 0 Å². The molecule has 0 bridgehead atoms. The molecule has 26 heavy (non-hydrogen) atoms. The van der Waals surface area contributed by atoms with Gasteiger partial charge in [0.05, 0.1) is 11.3 Å².